The van der Waals surface area contributed by atoms with Crippen LogP contribution in [0.15, 0.2) is 34.9 Å². The molecule has 110 valence electrons. The Kier molecular flexibility index (Phi) is 6.16. The Balaban J connectivity index is 0.00000172. The van der Waals surface area contributed by atoms with Crippen molar-refractivity contribution in [2.45, 2.75) is 55.4 Å². The molecule has 0 aliphatic heterocycles. The Morgan fingerprint density at radius 1 is 0.950 bits per heavy atom. The molecule has 1 aliphatic carbocycles. The standard InChI is InChI=1S/C16H21NO.C2H6/c1-15(2,3)12-9-11(7-8-17)10-13(14(12)18)16(4,5)6;1-2/h7,9-10H,1-6H3;1-2H3. The van der Waals surface area contributed by atoms with Gasteiger partial charge in [-0.25, -0.2) is 0 Å². The van der Waals surface area contributed by atoms with E-state index in [9.17, 15) is 4.79 Å². The lowest BCUT2D eigenvalue weighted by Gasteiger charge is -2.31. The van der Waals surface area contributed by atoms with E-state index in [1.54, 1.807) is 0 Å². The third-order valence-electron chi connectivity index (χ3n) is 2.96. The van der Waals surface area contributed by atoms with Crippen LogP contribution < -0.4 is 0 Å². The molecule has 0 N–H and O–H groups in total. The highest BCUT2D eigenvalue weighted by atomic mass is 16.1. The normalized spacial score (nSPS) is 15.6. The minimum absolute atomic E-state index is 0.102. The molecule has 1 aliphatic rings. The van der Waals surface area contributed by atoms with Crippen LogP contribution in [-0.4, -0.2) is 5.78 Å². The van der Waals surface area contributed by atoms with Crippen LogP contribution >= 0.6 is 0 Å². The molecule has 0 heterocycles. The molecule has 2 heteroatoms. The fourth-order valence-corrected chi connectivity index (χ4v) is 1.92. The van der Waals surface area contributed by atoms with Gasteiger partial charge in [0.25, 0.3) is 0 Å². The third-order valence-corrected chi connectivity index (χ3v) is 2.96. The van der Waals surface area contributed by atoms with Crippen molar-refractivity contribution in [2.24, 2.45) is 10.8 Å². The largest absolute Gasteiger partial charge is 0.289 e. The first-order valence-corrected chi connectivity index (χ1v) is 7.16. The summed E-state index contributed by atoms with van der Waals surface area (Å²) in [6, 6.07) is 2.03. The first kappa shape index (κ1) is 18.4. The highest BCUT2D eigenvalue weighted by Gasteiger charge is 2.33. The topological polar surface area (TPSA) is 40.9 Å². The third kappa shape index (κ3) is 4.49. The van der Waals surface area contributed by atoms with Gasteiger partial charge in [0.15, 0.2) is 5.78 Å². The molecule has 0 bridgehead atoms. The SMILES string of the molecule is CC.CC(C)(C)C1=CC(=CC#N)C=C(C(C)(C)C)C1=O. The number of nitrogens with zero attached hydrogens (tertiary/aromatic N) is 1. The molecule has 0 aromatic carbocycles. The summed E-state index contributed by atoms with van der Waals surface area (Å²) >= 11 is 0. The van der Waals surface area contributed by atoms with Gasteiger partial charge >= 0.3 is 0 Å². The number of carbonyl (C=O) groups is 1. The second-order valence-corrected chi connectivity index (χ2v) is 6.72. The van der Waals surface area contributed by atoms with Gasteiger partial charge in [-0.1, -0.05) is 55.4 Å². The van der Waals surface area contributed by atoms with E-state index < -0.39 is 0 Å². The van der Waals surface area contributed by atoms with Crippen LogP contribution in [-0.2, 0) is 4.79 Å². The average molecular weight is 273 g/mol. The number of allylic oxidation sites excluding steroid dienone is 6. The summed E-state index contributed by atoms with van der Waals surface area (Å²) in [5.41, 5.74) is 1.94. The number of ketones is 1. The molecule has 0 atom stereocenters. The molecule has 1 rings (SSSR count). The maximum atomic E-state index is 12.5. The van der Waals surface area contributed by atoms with Gasteiger partial charge in [0.05, 0.1) is 6.07 Å². The highest BCUT2D eigenvalue weighted by Crippen LogP contribution is 2.38. The fraction of sp³-hybridized carbons (Fsp3) is 0.556. The lowest BCUT2D eigenvalue weighted by atomic mass is 9.72. The summed E-state index contributed by atoms with van der Waals surface area (Å²) in [6.45, 7) is 16.1. The van der Waals surface area contributed by atoms with E-state index in [0.29, 0.717) is 0 Å². The van der Waals surface area contributed by atoms with E-state index in [-0.39, 0.29) is 16.6 Å². The Morgan fingerprint density at radius 2 is 1.30 bits per heavy atom. The summed E-state index contributed by atoms with van der Waals surface area (Å²) < 4.78 is 0. The molecule has 20 heavy (non-hydrogen) atoms. The maximum absolute atomic E-state index is 12.5. The van der Waals surface area contributed by atoms with Crippen LogP contribution in [0.1, 0.15) is 55.4 Å². The van der Waals surface area contributed by atoms with E-state index in [0.717, 1.165) is 16.7 Å². The lowest BCUT2D eigenvalue weighted by molar-refractivity contribution is -0.114. The van der Waals surface area contributed by atoms with Crippen LogP contribution in [0.2, 0.25) is 0 Å². The van der Waals surface area contributed by atoms with Gasteiger partial charge in [0.1, 0.15) is 0 Å². The van der Waals surface area contributed by atoms with Crippen LogP contribution in [0.4, 0.5) is 0 Å². The zero-order valence-electron chi connectivity index (χ0n) is 14.1. The van der Waals surface area contributed by atoms with Gasteiger partial charge in [-0.2, -0.15) is 5.26 Å². The molecular weight excluding hydrogens is 246 g/mol. The van der Waals surface area contributed by atoms with Crippen molar-refractivity contribution in [2.75, 3.05) is 0 Å². The number of carbonyl (C=O) groups excluding carboxylic acids is 1. The minimum Gasteiger partial charge on any atom is -0.289 e. The number of hydrogen-bond donors (Lipinski definition) is 0. The van der Waals surface area contributed by atoms with Gasteiger partial charge in [0.2, 0.25) is 0 Å². The van der Waals surface area contributed by atoms with Crippen molar-refractivity contribution in [1.29, 1.82) is 5.26 Å². The zero-order valence-corrected chi connectivity index (χ0v) is 14.1. The summed E-state index contributed by atoms with van der Waals surface area (Å²) in [5, 5.41) is 8.79. The number of nitriles is 1. The molecule has 0 aromatic rings. The molecule has 0 aromatic heterocycles. The smallest absolute Gasteiger partial charge is 0.186 e. The van der Waals surface area contributed by atoms with Crippen LogP contribution in [0.3, 0.4) is 0 Å². The molecular formula is C18H27NO. The monoisotopic (exact) mass is 273 g/mol. The van der Waals surface area contributed by atoms with Crippen LogP contribution in [0.25, 0.3) is 0 Å². The van der Waals surface area contributed by atoms with Gasteiger partial charge in [0, 0.05) is 17.2 Å². The summed E-state index contributed by atoms with van der Waals surface area (Å²) in [7, 11) is 0. The Labute approximate surface area is 123 Å². The van der Waals surface area contributed by atoms with Crippen molar-refractivity contribution < 1.29 is 4.79 Å². The molecule has 0 spiro atoms. The quantitative estimate of drug-likeness (QED) is 0.583. The first-order chi connectivity index (χ1) is 9.07. The summed E-state index contributed by atoms with van der Waals surface area (Å²) in [6.07, 6.45) is 5.16. The number of rotatable bonds is 0. The second-order valence-electron chi connectivity index (χ2n) is 6.72. The second kappa shape index (κ2) is 6.70. The van der Waals surface area contributed by atoms with Crippen molar-refractivity contribution in [3.05, 3.63) is 34.9 Å². The predicted molar refractivity (Wildman–Crippen MR) is 85.1 cm³/mol. The molecule has 0 saturated carbocycles. The lowest BCUT2D eigenvalue weighted by Crippen LogP contribution is -2.27. The molecule has 0 radical (unpaired) electrons. The average Bonchev–Trinajstić information content (AvgIpc) is 2.31. The Bertz CT molecular complexity index is 461. The summed E-state index contributed by atoms with van der Waals surface area (Å²) in [5.74, 6) is 0.102. The van der Waals surface area contributed by atoms with Crippen molar-refractivity contribution >= 4 is 5.78 Å². The van der Waals surface area contributed by atoms with E-state index in [2.05, 4.69) is 0 Å². The molecule has 0 unspecified atom stereocenters. The zero-order chi connectivity index (χ0) is 16.1. The van der Waals surface area contributed by atoms with E-state index in [4.69, 9.17) is 5.26 Å². The Hall–Kier alpha value is -1.62. The predicted octanol–water partition coefficient (Wildman–Crippen LogP) is 4.99. The highest BCUT2D eigenvalue weighted by molar-refractivity contribution is 6.11. The van der Waals surface area contributed by atoms with Crippen LogP contribution in [0.5, 0.6) is 0 Å². The molecule has 2 nitrogen and oxygen atoms in total. The first-order valence-electron chi connectivity index (χ1n) is 7.16. The Morgan fingerprint density at radius 3 is 1.55 bits per heavy atom. The fourth-order valence-electron chi connectivity index (χ4n) is 1.92. The van der Waals surface area contributed by atoms with Gasteiger partial charge in [-0.3, -0.25) is 4.79 Å². The van der Waals surface area contributed by atoms with Gasteiger partial charge < -0.3 is 0 Å². The number of Topliss-reactive ketones (excluding diaryl/α,β-unsaturated/α-hetero) is 1. The van der Waals surface area contributed by atoms with E-state index in [1.165, 1.54) is 6.08 Å². The van der Waals surface area contributed by atoms with E-state index >= 15 is 0 Å². The summed E-state index contributed by atoms with van der Waals surface area (Å²) in [4.78, 5) is 12.5. The maximum Gasteiger partial charge on any atom is 0.186 e. The molecule has 0 amide bonds. The molecule has 0 fully saturated rings. The molecule has 0 saturated heterocycles. The minimum atomic E-state index is -0.212. The van der Waals surface area contributed by atoms with Crippen molar-refractivity contribution in [1.82, 2.24) is 0 Å². The van der Waals surface area contributed by atoms with Crippen molar-refractivity contribution in [3.63, 3.8) is 0 Å². The van der Waals surface area contributed by atoms with E-state index in [1.807, 2.05) is 73.6 Å². The number of hydrogen-bond acceptors (Lipinski definition) is 2. The van der Waals surface area contributed by atoms with Crippen molar-refractivity contribution in [3.8, 4) is 6.07 Å². The van der Waals surface area contributed by atoms with Gasteiger partial charge in [-0.05, 0) is 28.6 Å². The van der Waals surface area contributed by atoms with Gasteiger partial charge in [-0.15, -0.1) is 0 Å². The van der Waals surface area contributed by atoms with Crippen LogP contribution in [0, 0.1) is 22.2 Å².